The fourth-order valence-corrected chi connectivity index (χ4v) is 6.63. The van der Waals surface area contributed by atoms with E-state index in [0.717, 1.165) is 15.4 Å². The number of hydrogen-bond donors (Lipinski definition) is 1. The number of amides is 2. The zero-order valence-corrected chi connectivity index (χ0v) is 27.2. The second-order valence-corrected chi connectivity index (χ2v) is 12.9. The van der Waals surface area contributed by atoms with Crippen LogP contribution in [0.5, 0.6) is 5.75 Å². The summed E-state index contributed by atoms with van der Waals surface area (Å²) in [5.74, 6) is -0.282. The first-order valence-electron chi connectivity index (χ1n) is 14.7. The van der Waals surface area contributed by atoms with Gasteiger partial charge < -0.3 is 15.0 Å². The van der Waals surface area contributed by atoms with Gasteiger partial charge in [0.2, 0.25) is 11.8 Å². The largest absolute Gasteiger partial charge is 0.497 e. The number of aryl methyl sites for hydroxylation is 1. The number of halogens is 1. The third kappa shape index (κ3) is 8.65. The molecule has 0 aliphatic carbocycles. The first-order chi connectivity index (χ1) is 21.6. The molecule has 8 nitrogen and oxygen atoms in total. The minimum Gasteiger partial charge on any atom is -0.497 e. The third-order valence-electron chi connectivity index (χ3n) is 7.36. The third-order valence-corrected chi connectivity index (χ3v) is 9.37. The fraction of sp³-hybridized carbons (Fsp3) is 0.257. The van der Waals surface area contributed by atoms with Crippen LogP contribution < -0.4 is 14.4 Å². The Bertz CT molecular complexity index is 1700. The normalized spacial score (nSPS) is 11.8. The van der Waals surface area contributed by atoms with Crippen molar-refractivity contribution in [3.63, 3.8) is 0 Å². The number of hydrogen-bond acceptors (Lipinski definition) is 5. The summed E-state index contributed by atoms with van der Waals surface area (Å²) in [5, 5.41) is 3.27. The van der Waals surface area contributed by atoms with Crippen molar-refractivity contribution in [3.8, 4) is 5.75 Å². The molecule has 4 aromatic rings. The van der Waals surface area contributed by atoms with E-state index < -0.39 is 28.5 Å². The maximum atomic E-state index is 14.5. The van der Waals surface area contributed by atoms with Crippen LogP contribution in [0.25, 0.3) is 0 Å². The fourth-order valence-electron chi connectivity index (χ4n) is 4.97. The summed E-state index contributed by atoms with van der Waals surface area (Å²) in [6, 6.07) is 28.6. The van der Waals surface area contributed by atoms with Gasteiger partial charge in [0.1, 0.15) is 18.3 Å². The summed E-state index contributed by atoms with van der Waals surface area (Å²) >= 11 is 6.34. The quantitative estimate of drug-likeness (QED) is 0.181. The van der Waals surface area contributed by atoms with Gasteiger partial charge in [0.05, 0.1) is 17.7 Å². The van der Waals surface area contributed by atoms with Crippen LogP contribution in [0, 0.1) is 6.92 Å². The molecular formula is C35H38ClN3O5S. The summed E-state index contributed by atoms with van der Waals surface area (Å²) in [6.07, 6.45) is 0.943. The monoisotopic (exact) mass is 647 g/mol. The Labute approximate surface area is 270 Å². The molecule has 0 bridgehead atoms. The number of carbonyl (C=O) groups is 2. The van der Waals surface area contributed by atoms with Crippen LogP contribution >= 0.6 is 11.6 Å². The Hall–Kier alpha value is -4.34. The summed E-state index contributed by atoms with van der Waals surface area (Å²) in [5.41, 5.74) is 2.47. The van der Waals surface area contributed by atoms with Gasteiger partial charge in [-0.05, 0) is 66.4 Å². The predicted molar refractivity (Wildman–Crippen MR) is 178 cm³/mol. The number of carbonyl (C=O) groups excluding carboxylic acids is 2. The molecule has 0 aliphatic heterocycles. The van der Waals surface area contributed by atoms with E-state index in [1.165, 1.54) is 23.1 Å². The molecule has 0 radical (unpaired) electrons. The SMILES string of the molecule is CCCNC(=O)[C@H](Cc1ccccc1)N(Cc1cccc(OC)c1)C(=O)CN(c1cc(Cl)ccc1C)S(=O)(=O)c1ccccc1. The molecule has 0 aliphatic rings. The highest BCUT2D eigenvalue weighted by Gasteiger charge is 2.35. The van der Waals surface area contributed by atoms with Crippen LogP contribution in [0.4, 0.5) is 5.69 Å². The highest BCUT2D eigenvalue weighted by Crippen LogP contribution is 2.30. The standard InChI is InChI=1S/C35H38ClN3O5S/c1-4-20-37-35(41)33(22-27-12-7-5-8-13-27)38(24-28-14-11-15-30(21-28)44-3)34(40)25-39(32-23-29(36)19-18-26(32)2)45(42,43)31-16-9-6-10-17-31/h5-19,21,23,33H,4,20,22,24-25H2,1-3H3,(H,37,41)/t33-/m0/s1. The van der Waals surface area contributed by atoms with Crippen LogP contribution in [-0.2, 0) is 32.6 Å². The molecule has 4 aromatic carbocycles. The molecule has 1 atom stereocenters. The number of rotatable bonds is 14. The average Bonchev–Trinajstić information content (AvgIpc) is 3.06. The van der Waals surface area contributed by atoms with Crippen LogP contribution in [0.3, 0.4) is 0 Å². The summed E-state index contributed by atoms with van der Waals surface area (Å²) < 4.78 is 34.8. The van der Waals surface area contributed by atoms with Crippen LogP contribution in [0.1, 0.15) is 30.0 Å². The molecule has 4 rings (SSSR count). The molecule has 0 unspecified atom stereocenters. The Morgan fingerprint density at radius 2 is 1.56 bits per heavy atom. The van der Waals surface area contributed by atoms with Crippen LogP contribution in [0.2, 0.25) is 5.02 Å². The molecule has 236 valence electrons. The highest BCUT2D eigenvalue weighted by atomic mass is 35.5. The smallest absolute Gasteiger partial charge is 0.264 e. The maximum absolute atomic E-state index is 14.5. The predicted octanol–water partition coefficient (Wildman–Crippen LogP) is 6.02. The minimum absolute atomic E-state index is 0.0260. The molecule has 10 heteroatoms. The van der Waals surface area contributed by atoms with Crippen molar-refractivity contribution >= 4 is 39.1 Å². The van der Waals surface area contributed by atoms with Crippen molar-refractivity contribution in [2.45, 2.75) is 44.2 Å². The van der Waals surface area contributed by atoms with Gasteiger partial charge in [-0.15, -0.1) is 0 Å². The van der Waals surface area contributed by atoms with Crippen LogP contribution in [0.15, 0.2) is 108 Å². The van der Waals surface area contributed by atoms with Gasteiger partial charge in [0.15, 0.2) is 0 Å². The molecular weight excluding hydrogens is 610 g/mol. The zero-order valence-electron chi connectivity index (χ0n) is 25.6. The van der Waals surface area contributed by atoms with Crippen molar-refractivity contribution < 1.29 is 22.7 Å². The number of nitrogens with one attached hydrogen (secondary N) is 1. The number of nitrogens with zero attached hydrogens (tertiary/aromatic N) is 2. The lowest BCUT2D eigenvalue weighted by molar-refractivity contribution is -0.140. The van der Waals surface area contributed by atoms with E-state index in [1.807, 2.05) is 49.4 Å². The lowest BCUT2D eigenvalue weighted by Gasteiger charge is -2.34. The van der Waals surface area contributed by atoms with Crippen molar-refractivity contribution in [1.29, 1.82) is 0 Å². The molecule has 0 saturated carbocycles. The summed E-state index contributed by atoms with van der Waals surface area (Å²) in [4.78, 5) is 29.8. The second kappa shape index (κ2) is 15.6. The number of sulfonamides is 1. The number of benzene rings is 4. The first kappa shape index (κ1) is 33.6. The van der Waals surface area contributed by atoms with Crippen molar-refractivity contribution in [2.24, 2.45) is 0 Å². The van der Waals surface area contributed by atoms with Gasteiger partial charge in [-0.1, -0.05) is 85.3 Å². The van der Waals surface area contributed by atoms with E-state index in [9.17, 15) is 18.0 Å². The van der Waals surface area contributed by atoms with E-state index in [-0.39, 0.29) is 29.5 Å². The Kier molecular flexibility index (Phi) is 11.6. The molecule has 0 fully saturated rings. The van der Waals surface area contributed by atoms with Gasteiger partial charge in [-0.25, -0.2) is 8.42 Å². The van der Waals surface area contributed by atoms with Crippen LogP contribution in [-0.4, -0.2) is 51.4 Å². The van der Waals surface area contributed by atoms with E-state index in [0.29, 0.717) is 29.3 Å². The Morgan fingerprint density at radius 3 is 2.22 bits per heavy atom. The molecule has 2 amide bonds. The molecule has 0 spiro atoms. The first-order valence-corrected chi connectivity index (χ1v) is 16.5. The van der Waals surface area contributed by atoms with E-state index >= 15 is 0 Å². The van der Waals surface area contributed by atoms with Gasteiger partial charge in [-0.3, -0.25) is 13.9 Å². The van der Waals surface area contributed by atoms with E-state index in [4.69, 9.17) is 16.3 Å². The molecule has 45 heavy (non-hydrogen) atoms. The van der Waals surface area contributed by atoms with E-state index in [2.05, 4.69) is 5.32 Å². The summed E-state index contributed by atoms with van der Waals surface area (Å²) in [6.45, 7) is 3.62. The maximum Gasteiger partial charge on any atom is 0.264 e. The van der Waals surface area contributed by atoms with Gasteiger partial charge >= 0.3 is 0 Å². The molecule has 0 saturated heterocycles. The van der Waals surface area contributed by atoms with Gasteiger partial charge in [0.25, 0.3) is 10.0 Å². The lowest BCUT2D eigenvalue weighted by Crippen LogP contribution is -2.53. The number of methoxy groups -OCH3 is 1. The minimum atomic E-state index is -4.22. The van der Waals surface area contributed by atoms with Crippen molar-refractivity contribution in [1.82, 2.24) is 10.2 Å². The number of anilines is 1. The topological polar surface area (TPSA) is 96.0 Å². The summed E-state index contributed by atoms with van der Waals surface area (Å²) in [7, 11) is -2.66. The molecule has 1 N–H and O–H groups in total. The zero-order chi connectivity index (χ0) is 32.4. The Balaban J connectivity index is 1.83. The molecule has 0 aromatic heterocycles. The Morgan fingerprint density at radius 1 is 0.889 bits per heavy atom. The van der Waals surface area contributed by atoms with Crippen molar-refractivity contribution in [3.05, 3.63) is 125 Å². The lowest BCUT2D eigenvalue weighted by atomic mass is 10.0. The highest BCUT2D eigenvalue weighted by molar-refractivity contribution is 7.92. The van der Waals surface area contributed by atoms with E-state index in [1.54, 1.807) is 56.5 Å². The average molecular weight is 648 g/mol. The number of ether oxygens (including phenoxy) is 1. The second-order valence-electron chi connectivity index (χ2n) is 10.6. The van der Waals surface area contributed by atoms with Crippen molar-refractivity contribution in [2.75, 3.05) is 24.5 Å². The molecule has 0 heterocycles. The van der Waals surface area contributed by atoms with Gasteiger partial charge in [-0.2, -0.15) is 0 Å². The van der Waals surface area contributed by atoms with Gasteiger partial charge in [0, 0.05) is 24.5 Å².